The van der Waals surface area contributed by atoms with E-state index in [1.165, 1.54) is 50.1 Å². The molecule has 3 rings (SSSR count). The summed E-state index contributed by atoms with van der Waals surface area (Å²) in [7, 11) is 0. The van der Waals surface area contributed by atoms with E-state index in [0.717, 1.165) is 26.3 Å². The lowest BCUT2D eigenvalue weighted by Gasteiger charge is -2.37. The van der Waals surface area contributed by atoms with Crippen molar-refractivity contribution in [1.82, 2.24) is 10.2 Å². The molecule has 1 aromatic rings. The summed E-state index contributed by atoms with van der Waals surface area (Å²) in [5, 5.41) is 3.78. The molecular formula is C20H33N3O. The third kappa shape index (κ3) is 5.20. The maximum atomic E-state index is 5.44. The van der Waals surface area contributed by atoms with Crippen LogP contribution in [0.3, 0.4) is 0 Å². The van der Waals surface area contributed by atoms with Crippen LogP contribution in [0.25, 0.3) is 0 Å². The quantitative estimate of drug-likeness (QED) is 0.867. The number of piperazine rings is 1. The highest BCUT2D eigenvalue weighted by molar-refractivity contribution is 5.48. The molecule has 1 N–H and O–H groups in total. The molecule has 2 heterocycles. The van der Waals surface area contributed by atoms with E-state index in [1.54, 1.807) is 0 Å². The van der Waals surface area contributed by atoms with Crippen LogP contribution in [0.4, 0.5) is 5.69 Å². The Kier molecular flexibility index (Phi) is 6.52. The van der Waals surface area contributed by atoms with Crippen LogP contribution in [-0.4, -0.2) is 62.9 Å². The van der Waals surface area contributed by atoms with Gasteiger partial charge < -0.3 is 15.0 Å². The predicted molar refractivity (Wildman–Crippen MR) is 101 cm³/mol. The molecule has 0 radical (unpaired) electrons. The van der Waals surface area contributed by atoms with Gasteiger partial charge in [0.15, 0.2) is 0 Å². The van der Waals surface area contributed by atoms with Crippen molar-refractivity contribution in [2.45, 2.75) is 45.2 Å². The van der Waals surface area contributed by atoms with Gasteiger partial charge in [-0.15, -0.1) is 0 Å². The molecule has 1 aromatic carbocycles. The highest BCUT2D eigenvalue weighted by atomic mass is 16.5. The molecule has 0 bridgehead atoms. The number of anilines is 1. The van der Waals surface area contributed by atoms with Crippen LogP contribution in [0.15, 0.2) is 24.3 Å². The summed E-state index contributed by atoms with van der Waals surface area (Å²) in [5.74, 6) is 0. The van der Waals surface area contributed by atoms with E-state index < -0.39 is 0 Å². The van der Waals surface area contributed by atoms with E-state index in [1.807, 2.05) is 0 Å². The minimum absolute atomic E-state index is 0.600. The van der Waals surface area contributed by atoms with E-state index in [0.29, 0.717) is 12.1 Å². The summed E-state index contributed by atoms with van der Waals surface area (Å²) in [6, 6.07) is 10.1. The van der Waals surface area contributed by atoms with Gasteiger partial charge in [0.1, 0.15) is 0 Å². The van der Waals surface area contributed by atoms with Gasteiger partial charge in [0.2, 0.25) is 0 Å². The lowest BCUT2D eigenvalue weighted by Crippen LogP contribution is -2.48. The predicted octanol–water partition coefficient (Wildman–Crippen LogP) is 2.66. The first kappa shape index (κ1) is 17.7. The average Bonchev–Trinajstić information content (AvgIpc) is 2.61. The minimum Gasteiger partial charge on any atom is -0.381 e. The molecule has 24 heavy (non-hydrogen) atoms. The van der Waals surface area contributed by atoms with Crippen molar-refractivity contribution in [3.63, 3.8) is 0 Å². The number of aryl methyl sites for hydroxylation is 1. The van der Waals surface area contributed by atoms with Crippen LogP contribution in [0.2, 0.25) is 0 Å². The van der Waals surface area contributed by atoms with Crippen molar-refractivity contribution < 1.29 is 4.74 Å². The lowest BCUT2D eigenvalue weighted by atomic mass is 10.1. The largest absolute Gasteiger partial charge is 0.381 e. The minimum atomic E-state index is 0.600. The van der Waals surface area contributed by atoms with Gasteiger partial charge in [-0.1, -0.05) is 12.1 Å². The Morgan fingerprint density at radius 1 is 1.17 bits per heavy atom. The van der Waals surface area contributed by atoms with Crippen LogP contribution in [0, 0.1) is 6.92 Å². The Bertz CT molecular complexity index is 493. The van der Waals surface area contributed by atoms with Crippen LogP contribution in [0.5, 0.6) is 0 Å². The van der Waals surface area contributed by atoms with Crippen molar-refractivity contribution in [1.29, 1.82) is 0 Å². The summed E-state index contributed by atoms with van der Waals surface area (Å²) in [6.07, 6.45) is 3.57. The highest BCUT2D eigenvalue weighted by Crippen LogP contribution is 2.18. The van der Waals surface area contributed by atoms with Gasteiger partial charge in [-0.25, -0.2) is 0 Å². The second-order valence-corrected chi connectivity index (χ2v) is 7.41. The fraction of sp³-hybridized carbons (Fsp3) is 0.700. The second kappa shape index (κ2) is 8.84. The number of rotatable bonds is 6. The standard InChI is InChI=1S/C20H33N3O/c1-17-4-3-5-20(16-17)23-12-10-22(11-13-23)9-6-18(2)21-19-7-14-24-15-8-19/h3-5,16,18-19,21H,6-15H2,1-2H3. The normalized spacial score (nSPS) is 21.8. The van der Waals surface area contributed by atoms with Gasteiger partial charge in [0.25, 0.3) is 0 Å². The number of ether oxygens (including phenoxy) is 1. The van der Waals surface area contributed by atoms with Gasteiger partial charge >= 0.3 is 0 Å². The number of hydrogen-bond acceptors (Lipinski definition) is 4. The summed E-state index contributed by atoms with van der Waals surface area (Å²) in [6.45, 7) is 12.2. The smallest absolute Gasteiger partial charge is 0.0480 e. The van der Waals surface area contributed by atoms with Crippen LogP contribution >= 0.6 is 0 Å². The van der Waals surface area contributed by atoms with E-state index in [2.05, 4.69) is 53.2 Å². The summed E-state index contributed by atoms with van der Waals surface area (Å²) >= 11 is 0. The molecule has 1 atom stereocenters. The molecule has 0 spiro atoms. The number of benzene rings is 1. The van der Waals surface area contributed by atoms with Crippen molar-refractivity contribution in [3.8, 4) is 0 Å². The first-order valence-electron chi connectivity index (χ1n) is 9.58. The van der Waals surface area contributed by atoms with Gasteiger partial charge in [-0.05, 0) is 57.4 Å². The molecule has 1 unspecified atom stereocenters. The number of nitrogens with one attached hydrogen (secondary N) is 1. The first-order valence-corrected chi connectivity index (χ1v) is 9.58. The average molecular weight is 332 g/mol. The zero-order valence-electron chi connectivity index (χ0n) is 15.3. The maximum Gasteiger partial charge on any atom is 0.0480 e. The van der Waals surface area contributed by atoms with E-state index in [9.17, 15) is 0 Å². The zero-order valence-corrected chi connectivity index (χ0v) is 15.3. The number of hydrogen-bond donors (Lipinski definition) is 1. The van der Waals surface area contributed by atoms with E-state index in [-0.39, 0.29) is 0 Å². The van der Waals surface area contributed by atoms with Gasteiger partial charge in [0.05, 0.1) is 0 Å². The van der Waals surface area contributed by atoms with Crippen LogP contribution in [-0.2, 0) is 4.74 Å². The number of nitrogens with zero attached hydrogens (tertiary/aromatic N) is 2. The molecule has 4 nitrogen and oxygen atoms in total. The fourth-order valence-electron chi connectivity index (χ4n) is 3.78. The monoisotopic (exact) mass is 331 g/mol. The van der Waals surface area contributed by atoms with Gasteiger partial charge in [-0.2, -0.15) is 0 Å². The van der Waals surface area contributed by atoms with Crippen molar-refractivity contribution in [2.24, 2.45) is 0 Å². The molecule has 0 amide bonds. The Balaban J connectivity index is 1.36. The van der Waals surface area contributed by atoms with Crippen LogP contribution in [0.1, 0.15) is 31.7 Å². The molecule has 0 aromatic heterocycles. The molecule has 2 saturated heterocycles. The second-order valence-electron chi connectivity index (χ2n) is 7.41. The summed E-state index contributed by atoms with van der Waals surface area (Å²) in [4.78, 5) is 5.14. The Morgan fingerprint density at radius 2 is 1.92 bits per heavy atom. The maximum absolute atomic E-state index is 5.44. The van der Waals surface area contributed by atoms with Crippen molar-refractivity contribution >= 4 is 5.69 Å². The molecule has 0 aliphatic carbocycles. The summed E-state index contributed by atoms with van der Waals surface area (Å²) < 4.78 is 5.44. The lowest BCUT2D eigenvalue weighted by molar-refractivity contribution is 0.0746. The van der Waals surface area contributed by atoms with Crippen LogP contribution < -0.4 is 10.2 Å². The highest BCUT2D eigenvalue weighted by Gasteiger charge is 2.19. The van der Waals surface area contributed by atoms with Crippen molar-refractivity contribution in [2.75, 3.05) is 50.8 Å². The molecule has 2 aliphatic rings. The Hall–Kier alpha value is -1.10. The molecule has 134 valence electrons. The van der Waals surface area contributed by atoms with Crippen molar-refractivity contribution in [3.05, 3.63) is 29.8 Å². The topological polar surface area (TPSA) is 27.7 Å². The SMILES string of the molecule is Cc1cccc(N2CCN(CCC(C)NC3CCOCC3)CC2)c1. The van der Waals surface area contributed by atoms with E-state index in [4.69, 9.17) is 4.74 Å². The molecule has 0 saturated carbocycles. The molecule has 2 fully saturated rings. The third-order valence-corrected chi connectivity index (χ3v) is 5.36. The third-order valence-electron chi connectivity index (χ3n) is 5.36. The zero-order chi connectivity index (χ0) is 16.8. The first-order chi connectivity index (χ1) is 11.7. The fourth-order valence-corrected chi connectivity index (χ4v) is 3.78. The van der Waals surface area contributed by atoms with Gasteiger partial charge in [-0.3, -0.25) is 4.90 Å². The Labute approximate surface area is 147 Å². The van der Waals surface area contributed by atoms with E-state index >= 15 is 0 Å². The Morgan fingerprint density at radius 3 is 2.62 bits per heavy atom. The van der Waals surface area contributed by atoms with Gasteiger partial charge in [0, 0.05) is 57.2 Å². The summed E-state index contributed by atoms with van der Waals surface area (Å²) in [5.41, 5.74) is 2.73. The molecule has 4 heteroatoms. The molecule has 2 aliphatic heterocycles. The molecular weight excluding hydrogens is 298 g/mol.